The third-order valence-electron chi connectivity index (χ3n) is 3.47. The van der Waals surface area contributed by atoms with E-state index in [1.54, 1.807) is 7.11 Å². The fourth-order valence-electron chi connectivity index (χ4n) is 2.61. The topological polar surface area (TPSA) is 24.5 Å². The molecule has 1 aliphatic heterocycles. The average Bonchev–Trinajstić information content (AvgIpc) is 2.30. The van der Waals surface area contributed by atoms with E-state index in [2.05, 4.69) is 12.2 Å². The second-order valence-electron chi connectivity index (χ2n) is 5.27. The van der Waals surface area contributed by atoms with Crippen LogP contribution in [0.2, 0.25) is 0 Å². The Balaban J connectivity index is 2.28. The molecule has 1 aliphatic rings. The van der Waals surface area contributed by atoms with Gasteiger partial charge in [0.2, 0.25) is 0 Å². The van der Waals surface area contributed by atoms with Gasteiger partial charge in [0.05, 0.1) is 13.2 Å². The minimum Gasteiger partial charge on any atom is -0.383 e. The lowest BCUT2D eigenvalue weighted by Gasteiger charge is -2.34. The Morgan fingerprint density at radius 1 is 1.32 bits per heavy atom. The van der Waals surface area contributed by atoms with Crippen molar-refractivity contribution in [1.29, 1.82) is 0 Å². The molecule has 114 valence electrons. The first-order valence-corrected chi connectivity index (χ1v) is 6.98. The van der Waals surface area contributed by atoms with Gasteiger partial charge in [-0.2, -0.15) is 13.2 Å². The zero-order chi connectivity index (χ0) is 14.3. The van der Waals surface area contributed by atoms with Crippen molar-refractivity contribution in [2.75, 3.05) is 33.4 Å². The van der Waals surface area contributed by atoms with Crippen molar-refractivity contribution < 1.29 is 17.9 Å². The largest absolute Gasteiger partial charge is 0.401 e. The summed E-state index contributed by atoms with van der Waals surface area (Å²) in [5.41, 5.74) is 0. The molecule has 0 aromatic rings. The number of methoxy groups -OCH3 is 1. The summed E-state index contributed by atoms with van der Waals surface area (Å²) in [4.78, 5) is 1.49. The van der Waals surface area contributed by atoms with Gasteiger partial charge in [0.25, 0.3) is 0 Å². The Morgan fingerprint density at radius 2 is 1.95 bits per heavy atom. The van der Waals surface area contributed by atoms with Crippen molar-refractivity contribution >= 4 is 0 Å². The first kappa shape index (κ1) is 16.7. The van der Waals surface area contributed by atoms with E-state index in [1.807, 2.05) is 0 Å². The van der Waals surface area contributed by atoms with Gasteiger partial charge < -0.3 is 10.1 Å². The van der Waals surface area contributed by atoms with E-state index < -0.39 is 12.7 Å². The van der Waals surface area contributed by atoms with Crippen LogP contribution >= 0.6 is 0 Å². The fourth-order valence-corrected chi connectivity index (χ4v) is 2.61. The third-order valence-corrected chi connectivity index (χ3v) is 3.47. The van der Waals surface area contributed by atoms with Crippen molar-refractivity contribution in [3.63, 3.8) is 0 Å². The minimum absolute atomic E-state index is 0.314. The van der Waals surface area contributed by atoms with Gasteiger partial charge in [0, 0.05) is 19.2 Å². The quantitative estimate of drug-likeness (QED) is 0.776. The maximum atomic E-state index is 12.3. The molecule has 0 bridgehead atoms. The summed E-state index contributed by atoms with van der Waals surface area (Å²) in [5.74, 6) is 0. The lowest BCUT2D eigenvalue weighted by atomic mass is 10.0. The first-order valence-electron chi connectivity index (χ1n) is 6.98. The highest BCUT2D eigenvalue weighted by molar-refractivity contribution is 4.81. The van der Waals surface area contributed by atoms with Crippen molar-refractivity contribution in [1.82, 2.24) is 10.2 Å². The molecule has 1 heterocycles. The number of likely N-dealkylation sites (tertiary alicyclic amines) is 1. The summed E-state index contributed by atoms with van der Waals surface area (Å²) in [6.07, 6.45) is -0.411. The van der Waals surface area contributed by atoms with Crippen LogP contribution in [-0.4, -0.2) is 56.5 Å². The number of ether oxygens (including phenoxy) is 1. The predicted molar refractivity (Wildman–Crippen MR) is 69.2 cm³/mol. The van der Waals surface area contributed by atoms with Gasteiger partial charge in [-0.15, -0.1) is 0 Å². The second kappa shape index (κ2) is 8.07. The van der Waals surface area contributed by atoms with Crippen LogP contribution in [0.25, 0.3) is 0 Å². The standard InChI is InChI=1S/C13H25F3N2O/c1-3-4-12(9-19-2)17-11-5-7-18(8-6-11)10-13(14,15)16/h11-12,17H,3-10H2,1-2H3. The van der Waals surface area contributed by atoms with Gasteiger partial charge in [-0.1, -0.05) is 13.3 Å². The van der Waals surface area contributed by atoms with Gasteiger partial charge in [-0.3, -0.25) is 4.90 Å². The fraction of sp³-hybridized carbons (Fsp3) is 1.00. The summed E-state index contributed by atoms with van der Waals surface area (Å²) in [5, 5.41) is 3.51. The van der Waals surface area contributed by atoms with Crippen LogP contribution in [0.15, 0.2) is 0 Å². The van der Waals surface area contributed by atoms with Crippen LogP contribution in [0.5, 0.6) is 0 Å². The number of halogens is 3. The molecule has 1 N–H and O–H groups in total. The Morgan fingerprint density at radius 3 is 2.42 bits per heavy atom. The predicted octanol–water partition coefficient (Wildman–Crippen LogP) is 2.42. The van der Waals surface area contributed by atoms with Crippen molar-refractivity contribution in [3.8, 4) is 0 Å². The van der Waals surface area contributed by atoms with Gasteiger partial charge in [0.1, 0.15) is 0 Å². The van der Waals surface area contributed by atoms with Gasteiger partial charge in [-0.05, 0) is 32.4 Å². The maximum Gasteiger partial charge on any atom is 0.401 e. The third kappa shape index (κ3) is 7.13. The molecule has 0 saturated carbocycles. The Labute approximate surface area is 113 Å². The number of hydrogen-bond donors (Lipinski definition) is 1. The lowest BCUT2D eigenvalue weighted by molar-refractivity contribution is -0.148. The number of nitrogens with one attached hydrogen (secondary N) is 1. The highest BCUT2D eigenvalue weighted by Crippen LogP contribution is 2.20. The Bertz CT molecular complexity index is 235. The second-order valence-corrected chi connectivity index (χ2v) is 5.27. The molecule has 3 nitrogen and oxygen atoms in total. The molecule has 0 aliphatic carbocycles. The average molecular weight is 282 g/mol. The van der Waals surface area contributed by atoms with Crippen molar-refractivity contribution in [3.05, 3.63) is 0 Å². The highest BCUT2D eigenvalue weighted by atomic mass is 19.4. The molecule has 0 aromatic heterocycles. The monoisotopic (exact) mass is 282 g/mol. The van der Waals surface area contributed by atoms with E-state index in [9.17, 15) is 13.2 Å². The molecule has 1 atom stereocenters. The molecule has 1 unspecified atom stereocenters. The zero-order valence-corrected chi connectivity index (χ0v) is 11.8. The molecule has 0 radical (unpaired) electrons. The number of hydrogen-bond acceptors (Lipinski definition) is 3. The lowest BCUT2D eigenvalue weighted by Crippen LogP contribution is -2.49. The minimum atomic E-state index is -4.08. The Kier molecular flexibility index (Phi) is 7.10. The molecular weight excluding hydrogens is 257 g/mol. The van der Waals surface area contributed by atoms with E-state index in [-0.39, 0.29) is 0 Å². The number of rotatable bonds is 7. The van der Waals surface area contributed by atoms with Crippen LogP contribution in [-0.2, 0) is 4.74 Å². The van der Waals surface area contributed by atoms with Crippen LogP contribution < -0.4 is 5.32 Å². The Hall–Kier alpha value is -0.330. The molecule has 1 saturated heterocycles. The number of piperidine rings is 1. The van der Waals surface area contributed by atoms with Crippen molar-refractivity contribution in [2.24, 2.45) is 0 Å². The van der Waals surface area contributed by atoms with E-state index in [0.29, 0.717) is 31.8 Å². The van der Waals surface area contributed by atoms with E-state index in [0.717, 1.165) is 25.7 Å². The van der Waals surface area contributed by atoms with Gasteiger partial charge in [0.15, 0.2) is 0 Å². The van der Waals surface area contributed by atoms with Crippen LogP contribution in [0.1, 0.15) is 32.6 Å². The van der Waals surface area contributed by atoms with Gasteiger partial charge in [-0.25, -0.2) is 0 Å². The summed E-state index contributed by atoms with van der Waals surface area (Å²) in [6.45, 7) is 3.04. The summed E-state index contributed by atoms with van der Waals surface area (Å²) >= 11 is 0. The van der Waals surface area contributed by atoms with E-state index in [1.165, 1.54) is 4.90 Å². The van der Waals surface area contributed by atoms with Gasteiger partial charge >= 0.3 is 6.18 Å². The van der Waals surface area contributed by atoms with Crippen molar-refractivity contribution in [2.45, 2.75) is 50.9 Å². The molecule has 1 fully saturated rings. The summed E-state index contributed by atoms with van der Waals surface area (Å²) in [7, 11) is 1.68. The molecule has 1 rings (SSSR count). The number of nitrogens with zero attached hydrogens (tertiary/aromatic N) is 1. The first-order chi connectivity index (χ1) is 8.94. The highest BCUT2D eigenvalue weighted by Gasteiger charge is 2.32. The maximum absolute atomic E-state index is 12.3. The SMILES string of the molecule is CCCC(COC)NC1CCN(CC(F)(F)F)CC1. The van der Waals surface area contributed by atoms with E-state index in [4.69, 9.17) is 4.74 Å². The zero-order valence-electron chi connectivity index (χ0n) is 11.8. The summed E-state index contributed by atoms with van der Waals surface area (Å²) < 4.78 is 42.0. The molecular formula is C13H25F3N2O. The summed E-state index contributed by atoms with van der Waals surface area (Å²) in [6, 6.07) is 0.630. The normalized spacial score (nSPS) is 20.7. The number of alkyl halides is 3. The molecule has 0 aromatic carbocycles. The molecule has 0 amide bonds. The van der Waals surface area contributed by atoms with Crippen LogP contribution in [0, 0.1) is 0 Å². The molecule has 0 spiro atoms. The van der Waals surface area contributed by atoms with E-state index >= 15 is 0 Å². The smallest absolute Gasteiger partial charge is 0.383 e. The van der Waals surface area contributed by atoms with Crippen LogP contribution in [0.3, 0.4) is 0 Å². The molecule has 19 heavy (non-hydrogen) atoms. The molecule has 6 heteroatoms. The van der Waals surface area contributed by atoms with Crippen LogP contribution in [0.4, 0.5) is 13.2 Å².